The molecule has 0 saturated carbocycles. The molecule has 0 aliphatic heterocycles. The standard InChI is InChI=1S/C18H16F3N3OS/c1-12-9-15(18(19,20)21)14(10-22)17(24-12)26-11-16(25)23-8-7-13-5-3-2-4-6-13/h2-6,9H,7-8,11H2,1H3,(H,23,25). The fourth-order valence-electron chi connectivity index (χ4n) is 2.26. The lowest BCUT2D eigenvalue weighted by Crippen LogP contribution is -2.27. The van der Waals surface area contributed by atoms with Crippen molar-refractivity contribution in [3.05, 3.63) is 58.8 Å². The Morgan fingerprint density at radius 3 is 2.62 bits per heavy atom. The number of carbonyl (C=O) groups excluding carboxylic acids is 1. The molecule has 1 heterocycles. The highest BCUT2D eigenvalue weighted by molar-refractivity contribution is 8.00. The van der Waals surface area contributed by atoms with E-state index >= 15 is 0 Å². The normalized spacial score (nSPS) is 11.0. The summed E-state index contributed by atoms with van der Waals surface area (Å²) in [5.41, 5.74) is -0.365. The average Bonchev–Trinajstić information content (AvgIpc) is 2.59. The van der Waals surface area contributed by atoms with Crippen LogP contribution in [-0.4, -0.2) is 23.2 Å². The van der Waals surface area contributed by atoms with Gasteiger partial charge in [-0.2, -0.15) is 18.4 Å². The number of carbonyl (C=O) groups is 1. The van der Waals surface area contributed by atoms with Crippen LogP contribution in [0, 0.1) is 18.3 Å². The first kappa shape index (κ1) is 19.8. The van der Waals surface area contributed by atoms with Crippen molar-refractivity contribution >= 4 is 17.7 Å². The van der Waals surface area contributed by atoms with Gasteiger partial charge in [0, 0.05) is 12.2 Å². The number of thioether (sulfide) groups is 1. The molecule has 0 spiro atoms. The molecule has 0 aliphatic carbocycles. The molecule has 0 aliphatic rings. The summed E-state index contributed by atoms with van der Waals surface area (Å²) in [6.45, 7) is 1.84. The second kappa shape index (κ2) is 8.72. The number of nitriles is 1. The lowest BCUT2D eigenvalue weighted by Gasteiger charge is -2.12. The molecule has 0 fully saturated rings. The number of amides is 1. The molecular formula is C18H16F3N3OS. The number of halogens is 3. The van der Waals surface area contributed by atoms with E-state index in [1.54, 1.807) is 6.07 Å². The minimum atomic E-state index is -4.65. The number of rotatable bonds is 6. The lowest BCUT2D eigenvalue weighted by atomic mass is 10.1. The molecule has 136 valence electrons. The molecular weight excluding hydrogens is 363 g/mol. The largest absolute Gasteiger partial charge is 0.417 e. The van der Waals surface area contributed by atoms with Crippen LogP contribution in [0.25, 0.3) is 0 Å². The predicted octanol–water partition coefficient (Wildman–Crippen LogP) is 3.73. The van der Waals surface area contributed by atoms with Gasteiger partial charge < -0.3 is 5.32 Å². The van der Waals surface area contributed by atoms with Crippen LogP contribution in [0.3, 0.4) is 0 Å². The Bertz CT molecular complexity index is 817. The number of alkyl halides is 3. The molecule has 2 aromatic rings. The van der Waals surface area contributed by atoms with E-state index in [4.69, 9.17) is 5.26 Å². The van der Waals surface area contributed by atoms with Crippen molar-refractivity contribution in [2.24, 2.45) is 0 Å². The summed E-state index contributed by atoms with van der Waals surface area (Å²) in [4.78, 5) is 15.9. The fourth-order valence-corrected chi connectivity index (χ4v) is 3.13. The van der Waals surface area contributed by atoms with Crippen LogP contribution in [0.4, 0.5) is 13.2 Å². The third-order valence-corrected chi connectivity index (χ3v) is 4.43. The smallest absolute Gasteiger partial charge is 0.355 e. The van der Waals surface area contributed by atoms with Crippen molar-refractivity contribution in [3.63, 3.8) is 0 Å². The van der Waals surface area contributed by atoms with Crippen LogP contribution in [0.1, 0.15) is 22.4 Å². The van der Waals surface area contributed by atoms with Gasteiger partial charge in [-0.15, -0.1) is 0 Å². The Labute approximate surface area is 153 Å². The SMILES string of the molecule is Cc1cc(C(F)(F)F)c(C#N)c(SCC(=O)NCCc2ccccc2)n1. The zero-order valence-electron chi connectivity index (χ0n) is 13.9. The average molecular weight is 379 g/mol. The Morgan fingerprint density at radius 2 is 2.00 bits per heavy atom. The van der Waals surface area contributed by atoms with Gasteiger partial charge in [0.2, 0.25) is 5.91 Å². The van der Waals surface area contributed by atoms with E-state index in [1.807, 2.05) is 30.3 Å². The van der Waals surface area contributed by atoms with Gasteiger partial charge in [0.05, 0.1) is 16.9 Å². The first-order chi connectivity index (χ1) is 12.3. The van der Waals surface area contributed by atoms with Crippen molar-refractivity contribution in [3.8, 4) is 6.07 Å². The third-order valence-electron chi connectivity index (χ3n) is 3.45. The third kappa shape index (κ3) is 5.49. The minimum Gasteiger partial charge on any atom is -0.355 e. The number of aromatic nitrogens is 1. The van der Waals surface area contributed by atoms with Crippen LogP contribution in [0.2, 0.25) is 0 Å². The number of nitrogens with one attached hydrogen (secondary N) is 1. The summed E-state index contributed by atoms with van der Waals surface area (Å²) in [7, 11) is 0. The Hall–Kier alpha value is -2.53. The van der Waals surface area contributed by atoms with E-state index in [-0.39, 0.29) is 22.4 Å². The summed E-state index contributed by atoms with van der Waals surface area (Å²) in [6, 6.07) is 12.0. The monoisotopic (exact) mass is 379 g/mol. The molecule has 4 nitrogen and oxygen atoms in total. The molecule has 1 amide bonds. The van der Waals surface area contributed by atoms with Crippen molar-refractivity contribution in [1.29, 1.82) is 5.26 Å². The number of benzene rings is 1. The van der Waals surface area contributed by atoms with Crippen molar-refractivity contribution in [2.45, 2.75) is 24.5 Å². The maximum absolute atomic E-state index is 13.1. The summed E-state index contributed by atoms with van der Waals surface area (Å²) in [5.74, 6) is -0.441. The van der Waals surface area contributed by atoms with E-state index in [2.05, 4.69) is 10.3 Å². The van der Waals surface area contributed by atoms with Gasteiger partial charge in [-0.1, -0.05) is 42.1 Å². The second-order valence-electron chi connectivity index (χ2n) is 5.48. The molecule has 8 heteroatoms. The molecule has 1 aromatic carbocycles. The molecule has 2 rings (SSSR count). The van der Waals surface area contributed by atoms with Gasteiger partial charge in [0.25, 0.3) is 0 Å². The highest BCUT2D eigenvalue weighted by Crippen LogP contribution is 2.35. The summed E-state index contributed by atoms with van der Waals surface area (Å²) >= 11 is 0.825. The first-order valence-electron chi connectivity index (χ1n) is 7.73. The maximum Gasteiger partial charge on any atom is 0.417 e. The van der Waals surface area contributed by atoms with Gasteiger partial charge in [-0.3, -0.25) is 4.79 Å². The van der Waals surface area contributed by atoms with Gasteiger partial charge in [0.15, 0.2) is 0 Å². The molecule has 0 bridgehead atoms. The second-order valence-corrected chi connectivity index (χ2v) is 6.44. The minimum absolute atomic E-state index is 0.0852. The van der Waals surface area contributed by atoms with Crippen LogP contribution >= 0.6 is 11.8 Å². The summed E-state index contributed by atoms with van der Waals surface area (Å²) in [6.07, 6.45) is -3.99. The molecule has 0 radical (unpaired) electrons. The number of hydrogen-bond donors (Lipinski definition) is 1. The summed E-state index contributed by atoms with van der Waals surface area (Å²) < 4.78 is 39.2. The number of nitrogens with zero attached hydrogens (tertiary/aromatic N) is 2. The van der Waals surface area contributed by atoms with Crippen molar-refractivity contribution < 1.29 is 18.0 Å². The highest BCUT2D eigenvalue weighted by atomic mass is 32.2. The van der Waals surface area contributed by atoms with E-state index in [0.717, 1.165) is 23.4 Å². The van der Waals surface area contributed by atoms with Gasteiger partial charge >= 0.3 is 6.18 Å². The van der Waals surface area contributed by atoms with Crippen LogP contribution in [-0.2, 0) is 17.4 Å². The zero-order chi connectivity index (χ0) is 19.2. The van der Waals surface area contributed by atoms with Gasteiger partial charge in [-0.25, -0.2) is 4.98 Å². The molecule has 26 heavy (non-hydrogen) atoms. The maximum atomic E-state index is 13.1. The Kier molecular flexibility index (Phi) is 6.64. The number of hydrogen-bond acceptors (Lipinski definition) is 4. The number of aryl methyl sites for hydroxylation is 1. The van der Waals surface area contributed by atoms with E-state index < -0.39 is 17.3 Å². The van der Waals surface area contributed by atoms with Gasteiger partial charge in [0.1, 0.15) is 11.1 Å². The van der Waals surface area contributed by atoms with E-state index in [0.29, 0.717) is 13.0 Å². The van der Waals surface area contributed by atoms with E-state index in [1.165, 1.54) is 6.92 Å². The van der Waals surface area contributed by atoms with E-state index in [9.17, 15) is 18.0 Å². The Morgan fingerprint density at radius 1 is 1.31 bits per heavy atom. The zero-order valence-corrected chi connectivity index (χ0v) is 14.7. The van der Waals surface area contributed by atoms with Crippen molar-refractivity contribution in [1.82, 2.24) is 10.3 Å². The quantitative estimate of drug-likeness (QED) is 0.777. The van der Waals surface area contributed by atoms with Gasteiger partial charge in [-0.05, 0) is 25.0 Å². The number of pyridine rings is 1. The molecule has 1 N–H and O–H groups in total. The molecule has 1 aromatic heterocycles. The summed E-state index contributed by atoms with van der Waals surface area (Å²) in [5, 5.41) is 11.7. The lowest BCUT2D eigenvalue weighted by molar-refractivity contribution is -0.138. The first-order valence-corrected chi connectivity index (χ1v) is 8.72. The Balaban J connectivity index is 1.97. The van der Waals surface area contributed by atoms with Crippen LogP contribution < -0.4 is 5.32 Å². The topological polar surface area (TPSA) is 65.8 Å². The molecule has 0 atom stereocenters. The van der Waals surface area contributed by atoms with Crippen molar-refractivity contribution in [2.75, 3.05) is 12.3 Å². The highest BCUT2D eigenvalue weighted by Gasteiger charge is 2.35. The molecule has 0 unspecified atom stereocenters. The predicted molar refractivity (Wildman–Crippen MR) is 92.6 cm³/mol. The van der Waals surface area contributed by atoms with Crippen LogP contribution in [0.5, 0.6) is 0 Å². The molecule has 0 saturated heterocycles. The fraction of sp³-hybridized carbons (Fsp3) is 0.278. The van der Waals surface area contributed by atoms with Crippen LogP contribution in [0.15, 0.2) is 41.4 Å².